The van der Waals surface area contributed by atoms with E-state index in [0.29, 0.717) is 6.42 Å². The van der Waals surface area contributed by atoms with Crippen LogP contribution in [0.2, 0.25) is 0 Å². The van der Waals surface area contributed by atoms with E-state index in [9.17, 15) is 14.7 Å². The molecule has 1 atom stereocenters. The third kappa shape index (κ3) is 4.19. The second kappa shape index (κ2) is 7.77. The van der Waals surface area contributed by atoms with Crippen LogP contribution in [0.4, 0.5) is 5.69 Å². The van der Waals surface area contributed by atoms with Crippen molar-refractivity contribution in [3.05, 3.63) is 24.0 Å². The second-order valence-corrected chi connectivity index (χ2v) is 5.60. The summed E-state index contributed by atoms with van der Waals surface area (Å²) in [6, 6.07) is 2.76. The Kier molecular flexibility index (Phi) is 5.75. The molecular weight excluding hydrogens is 282 g/mol. The lowest BCUT2D eigenvalue weighted by Gasteiger charge is -2.18. The average Bonchev–Trinajstić information content (AvgIpc) is 3.05. The first-order valence-corrected chi connectivity index (χ1v) is 7.86. The van der Waals surface area contributed by atoms with Gasteiger partial charge in [0.2, 0.25) is 0 Å². The number of aliphatic carboxylic acids is 1. The van der Waals surface area contributed by atoms with E-state index in [1.165, 1.54) is 0 Å². The van der Waals surface area contributed by atoms with Gasteiger partial charge in [0.1, 0.15) is 11.7 Å². The molecule has 1 unspecified atom stereocenters. The number of pyridine rings is 1. The summed E-state index contributed by atoms with van der Waals surface area (Å²) >= 11 is 0. The number of unbranched alkanes of at least 4 members (excludes halogenated alkanes) is 1. The van der Waals surface area contributed by atoms with Gasteiger partial charge in [0.05, 0.1) is 0 Å². The van der Waals surface area contributed by atoms with Crippen LogP contribution in [0.5, 0.6) is 0 Å². The van der Waals surface area contributed by atoms with E-state index in [-0.39, 0.29) is 5.69 Å². The molecule has 0 aliphatic carbocycles. The zero-order valence-corrected chi connectivity index (χ0v) is 12.9. The van der Waals surface area contributed by atoms with Crippen LogP contribution in [-0.4, -0.2) is 41.1 Å². The quantitative estimate of drug-likeness (QED) is 0.805. The van der Waals surface area contributed by atoms with Gasteiger partial charge in [0.15, 0.2) is 0 Å². The van der Waals surface area contributed by atoms with Gasteiger partial charge in [-0.15, -0.1) is 0 Å². The highest BCUT2D eigenvalue weighted by molar-refractivity contribution is 5.95. The molecule has 1 saturated heterocycles. The number of carboxylic acid groups (broad SMARTS) is 1. The van der Waals surface area contributed by atoms with Crippen LogP contribution < -0.4 is 10.2 Å². The molecule has 1 aliphatic heterocycles. The minimum Gasteiger partial charge on any atom is -0.480 e. The minimum atomic E-state index is -1.00. The number of anilines is 1. The molecule has 22 heavy (non-hydrogen) atoms. The van der Waals surface area contributed by atoms with Gasteiger partial charge in [0, 0.05) is 25.0 Å². The average molecular weight is 305 g/mol. The molecule has 0 spiro atoms. The van der Waals surface area contributed by atoms with Gasteiger partial charge in [-0.25, -0.2) is 4.79 Å². The summed E-state index contributed by atoms with van der Waals surface area (Å²) in [5, 5.41) is 11.7. The summed E-state index contributed by atoms with van der Waals surface area (Å²) in [5.74, 6) is -1.43. The normalized spacial score (nSPS) is 15.6. The largest absolute Gasteiger partial charge is 0.480 e. The van der Waals surface area contributed by atoms with Crippen molar-refractivity contribution >= 4 is 17.6 Å². The van der Waals surface area contributed by atoms with Crippen molar-refractivity contribution in [2.45, 2.75) is 45.1 Å². The maximum absolute atomic E-state index is 12.2. The Bertz CT molecular complexity index is 527. The van der Waals surface area contributed by atoms with E-state index in [1.54, 1.807) is 12.3 Å². The molecule has 1 fully saturated rings. The van der Waals surface area contributed by atoms with E-state index in [0.717, 1.165) is 44.5 Å². The molecule has 0 saturated carbocycles. The van der Waals surface area contributed by atoms with Gasteiger partial charge in [-0.05, 0) is 31.4 Å². The number of hydrogen-bond acceptors (Lipinski definition) is 4. The highest BCUT2D eigenvalue weighted by Crippen LogP contribution is 2.20. The number of aromatic nitrogens is 1. The number of hydrogen-bond donors (Lipinski definition) is 2. The van der Waals surface area contributed by atoms with E-state index in [2.05, 4.69) is 15.2 Å². The van der Waals surface area contributed by atoms with E-state index in [4.69, 9.17) is 0 Å². The predicted molar refractivity (Wildman–Crippen MR) is 84.1 cm³/mol. The highest BCUT2D eigenvalue weighted by Gasteiger charge is 2.21. The molecule has 1 amide bonds. The lowest BCUT2D eigenvalue weighted by Crippen LogP contribution is -2.41. The number of amides is 1. The smallest absolute Gasteiger partial charge is 0.326 e. The van der Waals surface area contributed by atoms with Crippen molar-refractivity contribution in [2.24, 2.45) is 0 Å². The number of nitrogens with zero attached hydrogens (tertiary/aromatic N) is 2. The number of carboxylic acids is 1. The zero-order chi connectivity index (χ0) is 15.9. The highest BCUT2D eigenvalue weighted by atomic mass is 16.4. The summed E-state index contributed by atoms with van der Waals surface area (Å²) in [6.45, 7) is 3.96. The van der Waals surface area contributed by atoms with Crippen molar-refractivity contribution in [3.8, 4) is 0 Å². The lowest BCUT2D eigenvalue weighted by atomic mass is 10.1. The van der Waals surface area contributed by atoms with Gasteiger partial charge < -0.3 is 15.3 Å². The summed E-state index contributed by atoms with van der Waals surface area (Å²) < 4.78 is 0. The first-order chi connectivity index (χ1) is 10.6. The summed E-state index contributed by atoms with van der Waals surface area (Å²) in [6.07, 6.45) is 6.00. The maximum atomic E-state index is 12.2. The number of carbonyl (C=O) groups excluding carboxylic acids is 1. The third-order valence-corrected chi connectivity index (χ3v) is 3.90. The summed E-state index contributed by atoms with van der Waals surface area (Å²) in [7, 11) is 0. The van der Waals surface area contributed by atoms with E-state index >= 15 is 0 Å². The van der Waals surface area contributed by atoms with Gasteiger partial charge in [0.25, 0.3) is 5.91 Å². The van der Waals surface area contributed by atoms with Crippen LogP contribution in [0, 0.1) is 0 Å². The van der Waals surface area contributed by atoms with Crippen molar-refractivity contribution in [3.63, 3.8) is 0 Å². The molecule has 0 bridgehead atoms. The molecule has 0 radical (unpaired) electrons. The standard InChI is InChI=1S/C16H23N3O3/c1-2-3-6-13(16(21)22)18-15(20)14-11-12(7-8-17-14)19-9-4-5-10-19/h7-8,11,13H,2-6,9-10H2,1H3,(H,18,20)(H,21,22). The summed E-state index contributed by atoms with van der Waals surface area (Å²) in [4.78, 5) is 29.7. The fraction of sp³-hybridized carbons (Fsp3) is 0.562. The molecule has 2 N–H and O–H groups in total. The van der Waals surface area contributed by atoms with Crippen molar-refractivity contribution in [2.75, 3.05) is 18.0 Å². The molecule has 120 valence electrons. The number of carbonyl (C=O) groups is 2. The van der Waals surface area contributed by atoms with Crippen LogP contribution in [0.15, 0.2) is 18.3 Å². The number of nitrogens with one attached hydrogen (secondary N) is 1. The third-order valence-electron chi connectivity index (χ3n) is 3.90. The first-order valence-electron chi connectivity index (χ1n) is 7.86. The van der Waals surface area contributed by atoms with Crippen LogP contribution >= 0.6 is 0 Å². The molecular formula is C16H23N3O3. The molecule has 2 rings (SSSR count). The van der Waals surface area contributed by atoms with E-state index in [1.807, 2.05) is 13.0 Å². The van der Waals surface area contributed by atoms with Gasteiger partial charge in [-0.1, -0.05) is 19.8 Å². The molecule has 2 heterocycles. The number of rotatable bonds is 7. The molecule has 1 aromatic heterocycles. The van der Waals surface area contributed by atoms with Gasteiger partial charge in [-0.3, -0.25) is 9.78 Å². The predicted octanol–water partition coefficient (Wildman–Crippen LogP) is 2.05. The Morgan fingerprint density at radius 1 is 1.41 bits per heavy atom. The van der Waals surface area contributed by atoms with E-state index < -0.39 is 17.9 Å². The van der Waals surface area contributed by atoms with Crippen LogP contribution in [0.1, 0.15) is 49.5 Å². The Balaban J connectivity index is 2.04. The van der Waals surface area contributed by atoms with Crippen LogP contribution in [0.25, 0.3) is 0 Å². The van der Waals surface area contributed by atoms with Gasteiger partial charge >= 0.3 is 5.97 Å². The van der Waals surface area contributed by atoms with Crippen molar-refractivity contribution in [1.29, 1.82) is 0 Å². The maximum Gasteiger partial charge on any atom is 0.326 e. The zero-order valence-electron chi connectivity index (χ0n) is 12.9. The van der Waals surface area contributed by atoms with Crippen LogP contribution in [-0.2, 0) is 4.79 Å². The molecule has 6 heteroatoms. The SMILES string of the molecule is CCCCC(NC(=O)c1cc(N2CCCC2)ccn1)C(=O)O. The minimum absolute atomic E-state index is 0.271. The van der Waals surface area contributed by atoms with Crippen molar-refractivity contribution < 1.29 is 14.7 Å². The first kappa shape index (κ1) is 16.3. The lowest BCUT2D eigenvalue weighted by molar-refractivity contribution is -0.139. The Morgan fingerprint density at radius 3 is 2.77 bits per heavy atom. The molecule has 6 nitrogen and oxygen atoms in total. The molecule has 1 aromatic rings. The van der Waals surface area contributed by atoms with Gasteiger partial charge in [-0.2, -0.15) is 0 Å². The Hall–Kier alpha value is -2.11. The summed E-state index contributed by atoms with van der Waals surface area (Å²) in [5.41, 5.74) is 1.24. The van der Waals surface area contributed by atoms with Crippen molar-refractivity contribution in [1.82, 2.24) is 10.3 Å². The molecule has 0 aromatic carbocycles. The fourth-order valence-electron chi connectivity index (χ4n) is 2.61. The Labute approximate surface area is 130 Å². The monoisotopic (exact) mass is 305 g/mol. The molecule has 1 aliphatic rings. The Morgan fingerprint density at radius 2 is 2.14 bits per heavy atom. The topological polar surface area (TPSA) is 82.5 Å². The second-order valence-electron chi connectivity index (χ2n) is 5.60. The fourth-order valence-corrected chi connectivity index (χ4v) is 2.61. The van der Waals surface area contributed by atoms with Crippen LogP contribution in [0.3, 0.4) is 0 Å².